The molecule has 1 atom stereocenters. The third kappa shape index (κ3) is 3.29. The van der Waals surface area contributed by atoms with Crippen molar-refractivity contribution < 1.29 is 14.3 Å². The largest absolute Gasteiger partial charge is 0.487 e. The summed E-state index contributed by atoms with van der Waals surface area (Å²) in [6.45, 7) is 5.66. The number of benzene rings is 2. The van der Waals surface area contributed by atoms with E-state index >= 15 is 0 Å². The summed E-state index contributed by atoms with van der Waals surface area (Å²) in [5.74, 6) is -1.31. The van der Waals surface area contributed by atoms with Gasteiger partial charge < -0.3 is 4.74 Å². The summed E-state index contributed by atoms with van der Waals surface area (Å²) in [6, 6.07) is 13.2. The molecule has 0 saturated carbocycles. The number of Topliss-reactive ketones (excluding diaryl/α,β-unsaturated/α-hetero) is 2. The van der Waals surface area contributed by atoms with E-state index in [2.05, 4.69) is 9.97 Å². The minimum Gasteiger partial charge on any atom is -0.487 e. The van der Waals surface area contributed by atoms with Gasteiger partial charge in [0.25, 0.3) is 0 Å². The zero-order valence-electron chi connectivity index (χ0n) is 17.0. The number of carbonyl (C=O) groups is 2. The Kier molecular flexibility index (Phi) is 5.16. The van der Waals surface area contributed by atoms with Gasteiger partial charge in [0.1, 0.15) is 24.0 Å². The number of halogens is 1. The predicted octanol–water partition coefficient (Wildman–Crippen LogP) is 4.84. The fourth-order valence-electron chi connectivity index (χ4n) is 3.88. The number of hydrogen-bond acceptors (Lipinski definition) is 5. The van der Waals surface area contributed by atoms with Crippen molar-refractivity contribution in [1.82, 2.24) is 9.97 Å². The van der Waals surface area contributed by atoms with Crippen molar-refractivity contribution >= 4 is 23.2 Å². The number of aromatic nitrogens is 2. The monoisotopic (exact) mass is 420 g/mol. The van der Waals surface area contributed by atoms with Gasteiger partial charge in [-0.1, -0.05) is 48.0 Å². The van der Waals surface area contributed by atoms with E-state index in [9.17, 15) is 9.59 Å². The fourth-order valence-corrected chi connectivity index (χ4v) is 4.10. The maximum absolute atomic E-state index is 13.5. The van der Waals surface area contributed by atoms with Crippen LogP contribution in [0.4, 0.5) is 0 Å². The van der Waals surface area contributed by atoms with Crippen molar-refractivity contribution in [3.63, 3.8) is 0 Å². The fraction of sp³-hybridized carbons (Fsp3) is 0.250. The molecule has 0 spiro atoms. The molecule has 1 unspecified atom stereocenters. The van der Waals surface area contributed by atoms with E-state index < -0.39 is 11.3 Å². The summed E-state index contributed by atoms with van der Waals surface area (Å²) in [5.41, 5.74) is 1.88. The van der Waals surface area contributed by atoms with Gasteiger partial charge in [-0.3, -0.25) is 14.6 Å². The number of ether oxygens (including phenoxy) is 1. The molecule has 5 nitrogen and oxygen atoms in total. The van der Waals surface area contributed by atoms with Crippen LogP contribution in [-0.4, -0.2) is 21.5 Å². The maximum Gasteiger partial charge on any atom is 0.198 e. The number of aryl methyl sites for hydroxylation is 1. The molecule has 0 N–H and O–H groups in total. The first-order chi connectivity index (χ1) is 14.3. The van der Waals surface area contributed by atoms with E-state index in [-0.39, 0.29) is 23.9 Å². The van der Waals surface area contributed by atoms with Gasteiger partial charge in [-0.25, -0.2) is 4.98 Å². The minimum atomic E-state index is -1.05. The first-order valence-corrected chi connectivity index (χ1v) is 10.1. The highest BCUT2D eigenvalue weighted by Crippen LogP contribution is 2.45. The molecule has 0 amide bonds. The van der Waals surface area contributed by atoms with Gasteiger partial charge in [0.2, 0.25) is 0 Å². The molecule has 0 radical (unpaired) electrons. The first kappa shape index (κ1) is 20.2. The highest BCUT2D eigenvalue weighted by atomic mass is 35.5. The number of rotatable bonds is 4. The zero-order chi connectivity index (χ0) is 21.5. The lowest BCUT2D eigenvalue weighted by Gasteiger charge is -2.34. The van der Waals surface area contributed by atoms with Gasteiger partial charge in [0.15, 0.2) is 11.6 Å². The summed E-state index contributed by atoms with van der Waals surface area (Å²) >= 11 is 6.48. The molecule has 3 aromatic rings. The summed E-state index contributed by atoms with van der Waals surface area (Å²) < 4.78 is 6.07. The molecule has 1 heterocycles. The highest BCUT2D eigenvalue weighted by molar-refractivity contribution is 6.32. The maximum atomic E-state index is 13.5. The lowest BCUT2D eigenvalue weighted by Crippen LogP contribution is -2.44. The van der Waals surface area contributed by atoms with Gasteiger partial charge in [-0.15, -0.1) is 0 Å². The second kappa shape index (κ2) is 7.65. The Morgan fingerprint density at radius 3 is 2.47 bits per heavy atom. The number of ketones is 2. The number of hydrogen-bond donors (Lipinski definition) is 0. The summed E-state index contributed by atoms with van der Waals surface area (Å²) in [7, 11) is 0. The van der Waals surface area contributed by atoms with Crippen molar-refractivity contribution in [3.05, 3.63) is 88.0 Å². The van der Waals surface area contributed by atoms with Gasteiger partial charge in [-0.05, 0) is 38.0 Å². The van der Waals surface area contributed by atoms with Crippen LogP contribution in [0, 0.1) is 6.92 Å². The van der Waals surface area contributed by atoms with Crippen molar-refractivity contribution in [1.29, 1.82) is 0 Å². The standard InChI is InChI=1S/C24H21ClN2O3/c1-14-9-10-16(25)21(30-13-15-7-5-4-6-8-15)17(14)18-20(28)19-22(27-12-11-26-19)24(2,3)23(18)29/h4-12,18H,13H2,1-3H3. The van der Waals surface area contributed by atoms with Crippen LogP contribution < -0.4 is 4.74 Å². The molecule has 6 heteroatoms. The van der Waals surface area contributed by atoms with Gasteiger partial charge in [-0.2, -0.15) is 0 Å². The molecule has 1 aliphatic rings. The number of fused-ring (bicyclic) bond motifs is 1. The molecule has 0 fully saturated rings. The van der Waals surface area contributed by atoms with Crippen LogP contribution in [0.5, 0.6) is 5.75 Å². The Bertz CT molecular complexity index is 1140. The SMILES string of the molecule is Cc1ccc(Cl)c(OCc2ccccc2)c1C1C(=O)c2nccnc2C(C)(C)C1=O. The number of nitrogens with zero attached hydrogens (tertiary/aromatic N) is 2. The Hall–Kier alpha value is -3.05. The molecule has 1 aliphatic carbocycles. The van der Waals surface area contributed by atoms with E-state index in [0.717, 1.165) is 11.1 Å². The van der Waals surface area contributed by atoms with Gasteiger partial charge in [0, 0.05) is 18.0 Å². The van der Waals surface area contributed by atoms with Crippen molar-refractivity contribution in [3.8, 4) is 5.75 Å². The van der Waals surface area contributed by atoms with Crippen molar-refractivity contribution in [2.24, 2.45) is 0 Å². The second-order valence-corrected chi connectivity index (χ2v) is 8.33. The van der Waals surface area contributed by atoms with Gasteiger partial charge >= 0.3 is 0 Å². The van der Waals surface area contributed by atoms with E-state index in [1.165, 1.54) is 12.4 Å². The van der Waals surface area contributed by atoms with Crippen LogP contribution in [0.15, 0.2) is 54.9 Å². The van der Waals surface area contributed by atoms with Crippen molar-refractivity contribution in [2.45, 2.75) is 38.7 Å². The van der Waals surface area contributed by atoms with Crippen molar-refractivity contribution in [2.75, 3.05) is 0 Å². The molecule has 1 aromatic heterocycles. The number of carbonyl (C=O) groups excluding carboxylic acids is 2. The van der Waals surface area contributed by atoms with Crippen LogP contribution in [0.3, 0.4) is 0 Å². The zero-order valence-corrected chi connectivity index (χ0v) is 17.7. The Morgan fingerprint density at radius 2 is 1.73 bits per heavy atom. The smallest absolute Gasteiger partial charge is 0.198 e. The average molecular weight is 421 g/mol. The van der Waals surface area contributed by atoms with Crippen LogP contribution in [0.2, 0.25) is 5.02 Å². The third-order valence-electron chi connectivity index (χ3n) is 5.54. The summed E-state index contributed by atoms with van der Waals surface area (Å²) in [4.78, 5) is 35.4. The van der Waals surface area contributed by atoms with Crippen LogP contribution >= 0.6 is 11.6 Å². The Labute approximate surface area is 180 Å². The molecular weight excluding hydrogens is 400 g/mol. The predicted molar refractivity (Wildman–Crippen MR) is 114 cm³/mol. The molecule has 0 saturated heterocycles. The Morgan fingerprint density at radius 1 is 1.03 bits per heavy atom. The summed E-state index contributed by atoms with van der Waals surface area (Å²) in [5, 5.41) is 0.356. The van der Waals surface area contributed by atoms with Gasteiger partial charge in [0.05, 0.1) is 16.1 Å². The quantitative estimate of drug-likeness (QED) is 0.564. The Balaban J connectivity index is 1.83. The normalized spacial score (nSPS) is 17.5. The minimum absolute atomic E-state index is 0.223. The van der Waals surface area contributed by atoms with Crippen LogP contribution in [-0.2, 0) is 16.8 Å². The average Bonchev–Trinajstić information content (AvgIpc) is 2.75. The highest BCUT2D eigenvalue weighted by Gasteiger charge is 2.50. The van der Waals surface area contributed by atoms with E-state index in [1.54, 1.807) is 26.0 Å². The molecule has 30 heavy (non-hydrogen) atoms. The molecule has 2 aromatic carbocycles. The van der Waals surface area contributed by atoms with E-state index in [1.807, 2.05) is 37.3 Å². The lowest BCUT2D eigenvalue weighted by atomic mass is 9.68. The molecular formula is C24H21ClN2O3. The topological polar surface area (TPSA) is 69.2 Å². The summed E-state index contributed by atoms with van der Waals surface area (Å²) in [6.07, 6.45) is 2.97. The van der Waals surface area contributed by atoms with Crippen LogP contribution in [0.1, 0.15) is 52.6 Å². The second-order valence-electron chi connectivity index (χ2n) is 7.92. The van der Waals surface area contributed by atoms with E-state index in [4.69, 9.17) is 16.3 Å². The molecule has 0 aliphatic heterocycles. The third-order valence-corrected chi connectivity index (χ3v) is 5.84. The lowest BCUT2D eigenvalue weighted by molar-refractivity contribution is -0.124. The first-order valence-electron chi connectivity index (χ1n) is 9.68. The molecule has 152 valence electrons. The molecule has 0 bridgehead atoms. The molecule has 4 rings (SSSR count). The van der Waals surface area contributed by atoms with E-state index in [0.29, 0.717) is 22.0 Å². The van der Waals surface area contributed by atoms with Crippen LogP contribution in [0.25, 0.3) is 0 Å².